The molecule has 0 radical (unpaired) electrons. The van der Waals surface area contributed by atoms with Crippen molar-refractivity contribution in [3.8, 4) is 5.75 Å². The van der Waals surface area contributed by atoms with Gasteiger partial charge in [0.2, 0.25) is 0 Å². The third-order valence-electron chi connectivity index (χ3n) is 5.16. The highest BCUT2D eigenvalue weighted by molar-refractivity contribution is 5.78. The monoisotopic (exact) mass is 352 g/mol. The Morgan fingerprint density at radius 2 is 2.12 bits per heavy atom. The van der Waals surface area contributed by atoms with Crippen molar-refractivity contribution in [3.63, 3.8) is 0 Å². The SMILES string of the molecule is CN1CCc2nc([C@@H]3CCN(C(=O)COc4ccccc4)C3)ncc2C1. The Labute approximate surface area is 153 Å². The number of aromatic nitrogens is 2. The zero-order chi connectivity index (χ0) is 17.9. The van der Waals surface area contributed by atoms with Crippen LogP contribution in [0.4, 0.5) is 0 Å². The molecule has 0 saturated carbocycles. The van der Waals surface area contributed by atoms with Gasteiger partial charge in [-0.25, -0.2) is 9.97 Å². The Kier molecular flexibility index (Phi) is 4.84. The van der Waals surface area contributed by atoms with Crippen molar-refractivity contribution in [1.29, 1.82) is 0 Å². The van der Waals surface area contributed by atoms with Gasteiger partial charge < -0.3 is 14.5 Å². The number of hydrogen-bond acceptors (Lipinski definition) is 5. The van der Waals surface area contributed by atoms with Crippen molar-refractivity contribution in [3.05, 3.63) is 53.6 Å². The Balaban J connectivity index is 1.35. The Bertz CT molecular complexity index is 781. The molecule has 6 heteroatoms. The van der Waals surface area contributed by atoms with Crippen LogP contribution < -0.4 is 4.74 Å². The van der Waals surface area contributed by atoms with E-state index in [2.05, 4.69) is 16.9 Å². The van der Waals surface area contributed by atoms with Crippen molar-refractivity contribution >= 4 is 5.91 Å². The minimum Gasteiger partial charge on any atom is -0.484 e. The quantitative estimate of drug-likeness (QED) is 0.841. The van der Waals surface area contributed by atoms with Crippen LogP contribution >= 0.6 is 0 Å². The van der Waals surface area contributed by atoms with Gasteiger partial charge in [-0.3, -0.25) is 4.79 Å². The van der Waals surface area contributed by atoms with E-state index in [0.29, 0.717) is 6.54 Å². The van der Waals surface area contributed by atoms with E-state index in [4.69, 9.17) is 9.72 Å². The summed E-state index contributed by atoms with van der Waals surface area (Å²) in [5.41, 5.74) is 2.40. The summed E-state index contributed by atoms with van der Waals surface area (Å²) in [7, 11) is 2.12. The number of likely N-dealkylation sites (tertiary alicyclic amines) is 1. The Morgan fingerprint density at radius 1 is 1.27 bits per heavy atom. The summed E-state index contributed by atoms with van der Waals surface area (Å²) in [6.07, 6.45) is 3.85. The molecule has 0 bridgehead atoms. The smallest absolute Gasteiger partial charge is 0.260 e. The largest absolute Gasteiger partial charge is 0.484 e. The number of nitrogens with zero attached hydrogens (tertiary/aromatic N) is 4. The molecule has 6 nitrogen and oxygen atoms in total. The first-order valence-electron chi connectivity index (χ1n) is 9.18. The van der Waals surface area contributed by atoms with E-state index in [1.54, 1.807) is 0 Å². The molecule has 26 heavy (non-hydrogen) atoms. The van der Waals surface area contributed by atoms with Gasteiger partial charge in [-0.2, -0.15) is 0 Å². The maximum absolute atomic E-state index is 12.4. The van der Waals surface area contributed by atoms with Crippen molar-refractivity contribution in [2.45, 2.75) is 25.3 Å². The van der Waals surface area contributed by atoms with Crippen molar-refractivity contribution < 1.29 is 9.53 Å². The zero-order valence-electron chi connectivity index (χ0n) is 15.1. The minimum absolute atomic E-state index is 0.0240. The van der Waals surface area contributed by atoms with Crippen LogP contribution in [-0.4, -0.2) is 59.0 Å². The topological polar surface area (TPSA) is 58.6 Å². The number of para-hydroxylation sites is 1. The lowest BCUT2D eigenvalue weighted by Gasteiger charge is -2.24. The number of carbonyl (C=O) groups excluding carboxylic acids is 1. The molecule has 1 saturated heterocycles. The maximum Gasteiger partial charge on any atom is 0.260 e. The van der Waals surface area contributed by atoms with Gasteiger partial charge in [-0.05, 0) is 25.6 Å². The van der Waals surface area contributed by atoms with Gasteiger partial charge >= 0.3 is 0 Å². The van der Waals surface area contributed by atoms with Gasteiger partial charge in [-0.1, -0.05) is 18.2 Å². The first-order chi connectivity index (χ1) is 12.7. The third kappa shape index (κ3) is 3.70. The fourth-order valence-electron chi connectivity index (χ4n) is 3.62. The molecule has 0 N–H and O–H groups in total. The van der Waals surface area contributed by atoms with Crippen LogP contribution in [0.25, 0.3) is 0 Å². The number of benzene rings is 1. The predicted octanol–water partition coefficient (Wildman–Crippen LogP) is 1.86. The van der Waals surface area contributed by atoms with Gasteiger partial charge in [0.05, 0.1) is 0 Å². The Hall–Kier alpha value is -2.47. The summed E-state index contributed by atoms with van der Waals surface area (Å²) in [6.45, 7) is 3.45. The molecular formula is C20H24N4O2. The Morgan fingerprint density at radius 3 is 2.96 bits per heavy atom. The van der Waals surface area contributed by atoms with Crippen LogP contribution in [-0.2, 0) is 17.8 Å². The van der Waals surface area contributed by atoms with Crippen LogP contribution in [0.2, 0.25) is 0 Å². The fourth-order valence-corrected chi connectivity index (χ4v) is 3.62. The van der Waals surface area contributed by atoms with Crippen molar-refractivity contribution in [2.75, 3.05) is 33.3 Å². The van der Waals surface area contributed by atoms with E-state index >= 15 is 0 Å². The number of hydrogen-bond donors (Lipinski definition) is 0. The summed E-state index contributed by atoms with van der Waals surface area (Å²) in [5.74, 6) is 1.85. The number of fused-ring (bicyclic) bond motifs is 1. The number of amides is 1. The molecule has 2 aromatic rings. The van der Waals surface area contributed by atoms with E-state index in [1.807, 2.05) is 41.4 Å². The van der Waals surface area contributed by atoms with E-state index < -0.39 is 0 Å². The minimum atomic E-state index is 0.0240. The van der Waals surface area contributed by atoms with Gasteiger partial charge in [0, 0.05) is 56.0 Å². The first kappa shape index (κ1) is 17.0. The zero-order valence-corrected chi connectivity index (χ0v) is 15.1. The molecule has 1 fully saturated rings. The van der Waals surface area contributed by atoms with Gasteiger partial charge in [0.15, 0.2) is 6.61 Å². The lowest BCUT2D eigenvalue weighted by molar-refractivity contribution is -0.132. The highest BCUT2D eigenvalue weighted by Crippen LogP contribution is 2.26. The molecule has 4 rings (SSSR count). The lowest BCUT2D eigenvalue weighted by Crippen LogP contribution is -2.33. The molecule has 1 amide bonds. The van der Waals surface area contributed by atoms with Crippen LogP contribution in [0.5, 0.6) is 5.75 Å². The highest BCUT2D eigenvalue weighted by Gasteiger charge is 2.30. The van der Waals surface area contributed by atoms with Gasteiger partial charge in [0.25, 0.3) is 5.91 Å². The van der Waals surface area contributed by atoms with E-state index in [-0.39, 0.29) is 18.4 Å². The molecule has 2 aliphatic heterocycles. The van der Waals surface area contributed by atoms with E-state index in [0.717, 1.165) is 44.0 Å². The molecule has 1 aromatic carbocycles. The summed E-state index contributed by atoms with van der Waals surface area (Å²) in [5, 5.41) is 0. The molecule has 2 aliphatic rings. The highest BCUT2D eigenvalue weighted by atomic mass is 16.5. The molecule has 3 heterocycles. The van der Waals surface area contributed by atoms with Crippen LogP contribution in [0.1, 0.15) is 29.4 Å². The summed E-state index contributed by atoms with van der Waals surface area (Å²) in [6, 6.07) is 9.45. The number of ether oxygens (including phenoxy) is 1. The summed E-state index contributed by atoms with van der Waals surface area (Å²) >= 11 is 0. The van der Waals surface area contributed by atoms with Crippen LogP contribution in [0, 0.1) is 0 Å². The lowest BCUT2D eigenvalue weighted by atomic mass is 10.1. The molecular weight excluding hydrogens is 328 g/mol. The number of carbonyl (C=O) groups is 1. The van der Waals surface area contributed by atoms with Gasteiger partial charge in [0.1, 0.15) is 11.6 Å². The second-order valence-corrected chi connectivity index (χ2v) is 7.11. The predicted molar refractivity (Wildman–Crippen MR) is 97.9 cm³/mol. The normalized spacial score (nSPS) is 20.0. The second-order valence-electron chi connectivity index (χ2n) is 7.11. The van der Waals surface area contributed by atoms with E-state index in [9.17, 15) is 4.79 Å². The second kappa shape index (κ2) is 7.41. The van der Waals surface area contributed by atoms with Crippen molar-refractivity contribution in [2.24, 2.45) is 0 Å². The fraction of sp³-hybridized carbons (Fsp3) is 0.450. The molecule has 0 spiro atoms. The van der Waals surface area contributed by atoms with E-state index in [1.165, 1.54) is 11.3 Å². The average molecular weight is 352 g/mol. The standard InChI is InChI=1S/C20H24N4O2/c1-23-9-8-18-16(12-23)11-21-20(22-18)15-7-10-24(13-15)19(25)14-26-17-5-3-2-4-6-17/h2-6,11,15H,7-10,12-14H2,1H3/t15-/m1/s1. The molecule has 1 atom stereocenters. The average Bonchev–Trinajstić information content (AvgIpc) is 3.17. The molecule has 0 unspecified atom stereocenters. The van der Waals surface area contributed by atoms with Crippen LogP contribution in [0.15, 0.2) is 36.5 Å². The van der Waals surface area contributed by atoms with Gasteiger partial charge in [-0.15, -0.1) is 0 Å². The number of likely N-dealkylation sites (N-methyl/N-ethyl adjacent to an activating group) is 1. The molecule has 0 aliphatic carbocycles. The molecule has 1 aromatic heterocycles. The maximum atomic E-state index is 12.4. The molecule has 136 valence electrons. The number of rotatable bonds is 4. The summed E-state index contributed by atoms with van der Waals surface area (Å²) < 4.78 is 5.58. The first-order valence-corrected chi connectivity index (χ1v) is 9.18. The van der Waals surface area contributed by atoms with Crippen LogP contribution in [0.3, 0.4) is 0 Å². The van der Waals surface area contributed by atoms with Crippen molar-refractivity contribution in [1.82, 2.24) is 19.8 Å². The summed E-state index contributed by atoms with van der Waals surface area (Å²) in [4.78, 5) is 26.0. The third-order valence-corrected chi connectivity index (χ3v) is 5.16.